The average Bonchev–Trinajstić information content (AvgIpc) is 3.06. The highest BCUT2D eigenvalue weighted by Crippen LogP contribution is 2.37. The number of hydrogen-bond donors (Lipinski definition) is 0. The smallest absolute Gasteiger partial charge is 0.140 e. The van der Waals surface area contributed by atoms with Gasteiger partial charge in [0.25, 0.3) is 0 Å². The number of carbonyl (C=O) groups excluding carboxylic acids is 1. The molecule has 0 aromatic heterocycles. The Kier molecular flexibility index (Phi) is 3.03. The summed E-state index contributed by atoms with van der Waals surface area (Å²) in [6.45, 7) is 1.87. The molecule has 1 aromatic rings. The first kappa shape index (κ1) is 11.2. The summed E-state index contributed by atoms with van der Waals surface area (Å²) in [5.74, 6) is -0.556. The highest BCUT2D eigenvalue weighted by molar-refractivity contribution is 5.83. The lowest BCUT2D eigenvalue weighted by Crippen LogP contribution is -2.16. The highest BCUT2D eigenvalue weighted by atomic mass is 19.1. The van der Waals surface area contributed by atoms with E-state index in [1.807, 2.05) is 6.92 Å². The number of benzene rings is 1. The number of rotatable bonds is 4. The van der Waals surface area contributed by atoms with Crippen LogP contribution in [0.2, 0.25) is 0 Å². The molecule has 1 aliphatic rings. The minimum absolute atomic E-state index is 0.00125. The van der Waals surface area contributed by atoms with Gasteiger partial charge in [-0.2, -0.15) is 0 Å². The van der Waals surface area contributed by atoms with Gasteiger partial charge in [-0.3, -0.25) is 4.79 Å². The maximum Gasteiger partial charge on any atom is 0.140 e. The molecule has 0 amide bonds. The fourth-order valence-corrected chi connectivity index (χ4v) is 1.89. The molecule has 1 nitrogen and oxygen atoms in total. The summed E-state index contributed by atoms with van der Waals surface area (Å²) in [4.78, 5) is 11.8. The quantitative estimate of drug-likeness (QED) is 0.768. The minimum Gasteiger partial charge on any atom is -0.299 e. The molecule has 1 saturated carbocycles. The van der Waals surface area contributed by atoms with E-state index < -0.39 is 11.6 Å². The van der Waals surface area contributed by atoms with Crippen LogP contribution in [0.5, 0.6) is 0 Å². The van der Waals surface area contributed by atoms with E-state index in [1.165, 1.54) is 0 Å². The van der Waals surface area contributed by atoms with Crippen molar-refractivity contribution in [2.45, 2.75) is 26.2 Å². The third kappa shape index (κ3) is 2.46. The molecule has 2 rings (SSSR count). The second-order valence-electron chi connectivity index (χ2n) is 4.50. The summed E-state index contributed by atoms with van der Waals surface area (Å²) >= 11 is 0. The van der Waals surface area contributed by atoms with Gasteiger partial charge in [-0.1, -0.05) is 6.92 Å². The van der Waals surface area contributed by atoms with Crippen molar-refractivity contribution >= 4 is 5.78 Å². The Hall–Kier alpha value is -1.25. The predicted octanol–water partition coefficient (Wildman–Crippen LogP) is 3.12. The lowest BCUT2D eigenvalue weighted by atomic mass is 9.95. The highest BCUT2D eigenvalue weighted by Gasteiger charge is 2.32. The van der Waals surface area contributed by atoms with Gasteiger partial charge in [0, 0.05) is 12.3 Å². The van der Waals surface area contributed by atoms with Crippen molar-refractivity contribution in [2.75, 3.05) is 0 Å². The lowest BCUT2D eigenvalue weighted by Gasteiger charge is -2.09. The molecule has 86 valence electrons. The van der Waals surface area contributed by atoms with Gasteiger partial charge in [-0.15, -0.1) is 0 Å². The summed E-state index contributed by atoms with van der Waals surface area (Å²) < 4.78 is 26.2. The molecule has 0 aliphatic heterocycles. The van der Waals surface area contributed by atoms with Gasteiger partial charge in [-0.25, -0.2) is 8.78 Å². The number of carbonyl (C=O) groups is 1. The molecular formula is C13H14F2O. The van der Waals surface area contributed by atoms with E-state index in [1.54, 1.807) is 0 Å². The Labute approximate surface area is 93.5 Å². The van der Waals surface area contributed by atoms with Gasteiger partial charge in [0.1, 0.15) is 17.4 Å². The molecule has 16 heavy (non-hydrogen) atoms. The molecule has 1 fully saturated rings. The van der Waals surface area contributed by atoms with Crippen LogP contribution in [0.15, 0.2) is 18.2 Å². The van der Waals surface area contributed by atoms with Gasteiger partial charge in [0.05, 0.1) is 0 Å². The molecule has 0 bridgehead atoms. The van der Waals surface area contributed by atoms with E-state index in [0.717, 1.165) is 31.0 Å². The van der Waals surface area contributed by atoms with Crippen molar-refractivity contribution in [1.29, 1.82) is 0 Å². The zero-order valence-electron chi connectivity index (χ0n) is 9.17. The van der Waals surface area contributed by atoms with E-state index in [0.29, 0.717) is 5.92 Å². The number of hydrogen-bond acceptors (Lipinski definition) is 1. The van der Waals surface area contributed by atoms with Crippen LogP contribution in [0.1, 0.15) is 25.3 Å². The average molecular weight is 224 g/mol. The van der Waals surface area contributed by atoms with E-state index >= 15 is 0 Å². The van der Waals surface area contributed by atoms with Gasteiger partial charge in [0.2, 0.25) is 0 Å². The SMILES string of the molecule is CC(C(=O)Cc1cc(F)ccc1F)C1CC1. The molecule has 0 saturated heterocycles. The normalized spacial score (nSPS) is 17.2. The zero-order chi connectivity index (χ0) is 11.7. The summed E-state index contributed by atoms with van der Waals surface area (Å²) in [6, 6.07) is 3.24. The van der Waals surface area contributed by atoms with Crippen LogP contribution in [-0.2, 0) is 11.2 Å². The molecular weight excluding hydrogens is 210 g/mol. The maximum atomic E-state index is 13.3. The standard InChI is InChI=1S/C13H14F2O/c1-8(9-2-3-9)13(16)7-10-6-11(14)4-5-12(10)15/h4-6,8-9H,2-3,7H2,1H3. The summed E-state index contributed by atoms with van der Waals surface area (Å²) in [5, 5.41) is 0. The first-order valence-electron chi connectivity index (χ1n) is 5.54. The van der Waals surface area contributed by atoms with Crippen molar-refractivity contribution in [3.8, 4) is 0 Å². The van der Waals surface area contributed by atoms with Crippen molar-refractivity contribution in [3.05, 3.63) is 35.4 Å². The third-order valence-electron chi connectivity index (χ3n) is 3.21. The second-order valence-corrected chi connectivity index (χ2v) is 4.50. The Morgan fingerprint density at radius 1 is 1.44 bits per heavy atom. The van der Waals surface area contributed by atoms with Crippen molar-refractivity contribution in [2.24, 2.45) is 11.8 Å². The molecule has 1 unspecified atom stereocenters. The van der Waals surface area contributed by atoms with Crippen LogP contribution in [-0.4, -0.2) is 5.78 Å². The van der Waals surface area contributed by atoms with E-state index in [2.05, 4.69) is 0 Å². The zero-order valence-corrected chi connectivity index (χ0v) is 9.17. The minimum atomic E-state index is -0.502. The van der Waals surface area contributed by atoms with Crippen LogP contribution >= 0.6 is 0 Å². The maximum absolute atomic E-state index is 13.3. The monoisotopic (exact) mass is 224 g/mol. The van der Waals surface area contributed by atoms with Gasteiger partial charge < -0.3 is 0 Å². The first-order chi connectivity index (χ1) is 7.58. The van der Waals surface area contributed by atoms with Gasteiger partial charge in [0.15, 0.2) is 0 Å². The molecule has 1 aromatic carbocycles. The largest absolute Gasteiger partial charge is 0.299 e. The molecule has 0 radical (unpaired) electrons. The summed E-state index contributed by atoms with van der Waals surface area (Å²) in [6.07, 6.45) is 2.17. The molecule has 0 N–H and O–H groups in total. The Morgan fingerprint density at radius 2 is 2.12 bits per heavy atom. The number of Topliss-reactive ketones (excluding diaryl/α,β-unsaturated/α-hetero) is 1. The Balaban J connectivity index is 2.07. The van der Waals surface area contributed by atoms with Crippen LogP contribution in [0, 0.1) is 23.5 Å². The van der Waals surface area contributed by atoms with Crippen molar-refractivity contribution < 1.29 is 13.6 Å². The number of ketones is 1. The predicted molar refractivity (Wildman–Crippen MR) is 57.0 cm³/mol. The van der Waals surface area contributed by atoms with Gasteiger partial charge in [-0.05, 0) is 42.5 Å². The molecule has 3 heteroatoms. The third-order valence-corrected chi connectivity index (χ3v) is 3.21. The van der Waals surface area contributed by atoms with Crippen LogP contribution < -0.4 is 0 Å². The summed E-state index contributed by atoms with van der Waals surface area (Å²) in [7, 11) is 0. The topological polar surface area (TPSA) is 17.1 Å². The Morgan fingerprint density at radius 3 is 2.75 bits per heavy atom. The fraction of sp³-hybridized carbons (Fsp3) is 0.462. The molecule has 0 heterocycles. The number of halogens is 2. The van der Waals surface area contributed by atoms with Crippen molar-refractivity contribution in [1.82, 2.24) is 0 Å². The van der Waals surface area contributed by atoms with E-state index in [9.17, 15) is 13.6 Å². The first-order valence-corrected chi connectivity index (χ1v) is 5.54. The Bertz CT molecular complexity index is 410. The van der Waals surface area contributed by atoms with Crippen LogP contribution in [0.3, 0.4) is 0 Å². The van der Waals surface area contributed by atoms with Gasteiger partial charge >= 0.3 is 0 Å². The molecule has 1 aliphatic carbocycles. The van der Waals surface area contributed by atoms with E-state index in [4.69, 9.17) is 0 Å². The summed E-state index contributed by atoms with van der Waals surface area (Å²) in [5.41, 5.74) is 0.164. The van der Waals surface area contributed by atoms with Crippen LogP contribution in [0.4, 0.5) is 8.78 Å². The second kappa shape index (κ2) is 4.32. The lowest BCUT2D eigenvalue weighted by molar-refractivity contribution is -0.122. The van der Waals surface area contributed by atoms with E-state index in [-0.39, 0.29) is 23.7 Å². The van der Waals surface area contributed by atoms with Crippen LogP contribution in [0.25, 0.3) is 0 Å². The molecule has 0 spiro atoms. The van der Waals surface area contributed by atoms with Crippen molar-refractivity contribution in [3.63, 3.8) is 0 Å². The fourth-order valence-electron chi connectivity index (χ4n) is 1.89. The molecule has 1 atom stereocenters.